The van der Waals surface area contributed by atoms with Crippen molar-refractivity contribution in [2.24, 2.45) is 0 Å². The highest BCUT2D eigenvalue weighted by molar-refractivity contribution is 5.99. The third-order valence-corrected chi connectivity index (χ3v) is 4.05. The van der Waals surface area contributed by atoms with Gasteiger partial charge in [0, 0.05) is 29.0 Å². The average Bonchev–Trinajstić information content (AvgIpc) is 3.26. The molecule has 0 aliphatic heterocycles. The van der Waals surface area contributed by atoms with Crippen molar-refractivity contribution in [2.75, 3.05) is 0 Å². The number of pyridine rings is 1. The maximum Gasteiger partial charge on any atom is 0.288 e. The number of para-hydroxylation sites is 1. The Morgan fingerprint density at radius 2 is 1.63 bits per heavy atom. The molecular formula is C20H15N5O2. The summed E-state index contributed by atoms with van der Waals surface area (Å²) in [5.41, 5.74) is 7.04. The van der Waals surface area contributed by atoms with Crippen LogP contribution < -0.4 is 10.9 Å². The number of amides is 2. The number of rotatable bonds is 3. The van der Waals surface area contributed by atoms with Crippen molar-refractivity contribution in [3.8, 4) is 5.69 Å². The van der Waals surface area contributed by atoms with Gasteiger partial charge in [0.05, 0.1) is 11.8 Å². The monoisotopic (exact) mass is 357 g/mol. The normalized spacial score (nSPS) is 10.5. The number of hydrazine groups is 1. The Kier molecular flexibility index (Phi) is 4.32. The van der Waals surface area contributed by atoms with Crippen molar-refractivity contribution in [1.82, 2.24) is 25.4 Å². The van der Waals surface area contributed by atoms with E-state index in [0.717, 1.165) is 11.1 Å². The second kappa shape index (κ2) is 7.09. The van der Waals surface area contributed by atoms with Gasteiger partial charge in [0.2, 0.25) is 0 Å². The van der Waals surface area contributed by atoms with Crippen molar-refractivity contribution in [2.45, 2.75) is 0 Å². The molecular weight excluding hydrogens is 342 g/mol. The number of aromatic nitrogens is 3. The highest BCUT2D eigenvalue weighted by atomic mass is 16.2. The van der Waals surface area contributed by atoms with Crippen LogP contribution in [0.25, 0.3) is 16.6 Å². The van der Waals surface area contributed by atoms with Crippen LogP contribution >= 0.6 is 0 Å². The molecule has 0 saturated heterocycles. The first-order valence-electron chi connectivity index (χ1n) is 8.25. The highest BCUT2D eigenvalue weighted by Gasteiger charge is 2.11. The molecule has 2 amide bonds. The Morgan fingerprint density at radius 1 is 0.852 bits per heavy atom. The van der Waals surface area contributed by atoms with Gasteiger partial charge >= 0.3 is 0 Å². The molecule has 0 saturated carbocycles. The van der Waals surface area contributed by atoms with Crippen LogP contribution in [0.2, 0.25) is 0 Å². The number of nitrogens with zero attached hydrogens (tertiary/aromatic N) is 3. The number of hydrogen-bond donors (Lipinski definition) is 2. The summed E-state index contributed by atoms with van der Waals surface area (Å²) in [6.45, 7) is 0. The van der Waals surface area contributed by atoms with E-state index in [2.05, 4.69) is 20.8 Å². The van der Waals surface area contributed by atoms with Gasteiger partial charge in [0.15, 0.2) is 0 Å². The third-order valence-electron chi connectivity index (χ3n) is 4.05. The second-order valence-electron chi connectivity index (χ2n) is 5.81. The zero-order chi connectivity index (χ0) is 18.6. The van der Waals surface area contributed by atoms with E-state index in [1.165, 1.54) is 0 Å². The molecule has 0 fully saturated rings. The molecule has 132 valence electrons. The summed E-state index contributed by atoms with van der Waals surface area (Å²) < 4.78 is 1.83. The predicted molar refractivity (Wildman–Crippen MR) is 100 cm³/mol. The molecule has 27 heavy (non-hydrogen) atoms. The first-order chi connectivity index (χ1) is 13.2. The van der Waals surface area contributed by atoms with Crippen molar-refractivity contribution in [1.29, 1.82) is 0 Å². The van der Waals surface area contributed by atoms with Crippen molar-refractivity contribution in [3.63, 3.8) is 0 Å². The van der Waals surface area contributed by atoms with Crippen LogP contribution in [0.1, 0.15) is 20.8 Å². The van der Waals surface area contributed by atoms with Gasteiger partial charge in [-0.25, -0.2) is 9.97 Å². The minimum atomic E-state index is -0.482. The molecule has 0 unspecified atom stereocenters. The lowest BCUT2D eigenvalue weighted by Gasteiger charge is -2.08. The standard InChI is InChI=1S/C20H15N5O2/c26-19(15-5-8-16(9-6-15)25-12-11-21-13-25)23-24-20(27)18-10-7-14-3-1-2-4-17(14)22-18/h1-13H,(H,23,26)(H,24,27). The maximum atomic E-state index is 12.2. The molecule has 0 atom stereocenters. The van der Waals surface area contributed by atoms with Crippen LogP contribution in [0.5, 0.6) is 0 Å². The number of hydrogen-bond acceptors (Lipinski definition) is 4. The van der Waals surface area contributed by atoms with E-state index in [1.807, 2.05) is 41.1 Å². The Balaban J connectivity index is 1.41. The van der Waals surface area contributed by atoms with E-state index >= 15 is 0 Å². The van der Waals surface area contributed by atoms with E-state index in [9.17, 15) is 9.59 Å². The summed E-state index contributed by atoms with van der Waals surface area (Å²) in [6, 6.07) is 17.9. The summed E-state index contributed by atoms with van der Waals surface area (Å²) >= 11 is 0. The number of nitrogens with one attached hydrogen (secondary N) is 2. The summed E-state index contributed by atoms with van der Waals surface area (Å²) in [5.74, 6) is -0.898. The summed E-state index contributed by atoms with van der Waals surface area (Å²) in [4.78, 5) is 32.7. The van der Waals surface area contributed by atoms with Crippen LogP contribution in [0.3, 0.4) is 0 Å². The topological polar surface area (TPSA) is 88.9 Å². The second-order valence-corrected chi connectivity index (χ2v) is 5.81. The third kappa shape index (κ3) is 3.52. The fourth-order valence-corrected chi connectivity index (χ4v) is 2.64. The number of carbonyl (C=O) groups is 2. The predicted octanol–water partition coefficient (Wildman–Crippen LogP) is 2.50. The highest BCUT2D eigenvalue weighted by Crippen LogP contribution is 2.12. The Labute approximate surface area is 154 Å². The number of imidazole rings is 1. The molecule has 2 aromatic heterocycles. The summed E-state index contributed by atoms with van der Waals surface area (Å²) in [7, 11) is 0. The van der Waals surface area contributed by atoms with Crippen LogP contribution in [-0.2, 0) is 0 Å². The average molecular weight is 357 g/mol. The van der Waals surface area contributed by atoms with Gasteiger partial charge < -0.3 is 4.57 Å². The van der Waals surface area contributed by atoms with E-state index < -0.39 is 11.8 Å². The molecule has 2 aromatic carbocycles. The molecule has 2 N–H and O–H groups in total. The number of benzene rings is 2. The molecule has 0 spiro atoms. The molecule has 0 aliphatic carbocycles. The van der Waals surface area contributed by atoms with E-state index in [-0.39, 0.29) is 5.69 Å². The first-order valence-corrected chi connectivity index (χ1v) is 8.25. The van der Waals surface area contributed by atoms with Gasteiger partial charge in [-0.2, -0.15) is 0 Å². The molecule has 0 aliphatic rings. The van der Waals surface area contributed by atoms with Crippen LogP contribution in [0.15, 0.2) is 79.4 Å². The lowest BCUT2D eigenvalue weighted by atomic mass is 10.2. The number of fused-ring (bicyclic) bond motifs is 1. The van der Waals surface area contributed by atoms with Crippen molar-refractivity contribution < 1.29 is 9.59 Å². The van der Waals surface area contributed by atoms with Gasteiger partial charge in [-0.1, -0.05) is 24.3 Å². The fraction of sp³-hybridized carbons (Fsp3) is 0. The zero-order valence-corrected chi connectivity index (χ0v) is 14.2. The van der Waals surface area contributed by atoms with Crippen molar-refractivity contribution >= 4 is 22.7 Å². The quantitative estimate of drug-likeness (QED) is 0.551. The smallest absolute Gasteiger partial charge is 0.288 e. The molecule has 2 heterocycles. The molecule has 0 radical (unpaired) electrons. The summed E-state index contributed by atoms with van der Waals surface area (Å²) in [6.07, 6.45) is 5.16. The minimum absolute atomic E-state index is 0.226. The van der Waals surface area contributed by atoms with Gasteiger partial charge in [0.1, 0.15) is 5.69 Å². The van der Waals surface area contributed by atoms with Gasteiger partial charge in [-0.05, 0) is 36.4 Å². The lowest BCUT2D eigenvalue weighted by Crippen LogP contribution is -2.41. The lowest BCUT2D eigenvalue weighted by molar-refractivity contribution is 0.0844. The number of carbonyl (C=O) groups excluding carboxylic acids is 2. The Bertz CT molecular complexity index is 1100. The Morgan fingerprint density at radius 3 is 2.41 bits per heavy atom. The molecule has 7 heteroatoms. The SMILES string of the molecule is O=C(NNC(=O)c1ccc2ccccc2n1)c1ccc(-n2ccnc2)cc1. The zero-order valence-electron chi connectivity index (χ0n) is 14.2. The van der Waals surface area contributed by atoms with Crippen LogP contribution in [-0.4, -0.2) is 26.3 Å². The van der Waals surface area contributed by atoms with E-state index in [1.54, 1.807) is 42.9 Å². The van der Waals surface area contributed by atoms with Crippen LogP contribution in [0, 0.1) is 0 Å². The van der Waals surface area contributed by atoms with E-state index in [0.29, 0.717) is 11.1 Å². The van der Waals surface area contributed by atoms with Gasteiger partial charge in [0.25, 0.3) is 11.8 Å². The van der Waals surface area contributed by atoms with Gasteiger partial charge in [-0.3, -0.25) is 20.4 Å². The maximum absolute atomic E-state index is 12.2. The minimum Gasteiger partial charge on any atom is -0.306 e. The largest absolute Gasteiger partial charge is 0.306 e. The van der Waals surface area contributed by atoms with Crippen molar-refractivity contribution in [3.05, 3.63) is 90.6 Å². The van der Waals surface area contributed by atoms with Crippen LogP contribution in [0.4, 0.5) is 0 Å². The molecule has 4 aromatic rings. The first kappa shape index (κ1) is 16.5. The molecule has 4 rings (SSSR count). The molecule has 0 bridgehead atoms. The van der Waals surface area contributed by atoms with E-state index in [4.69, 9.17) is 0 Å². The Hall–Kier alpha value is -4.00. The summed E-state index contributed by atoms with van der Waals surface area (Å²) in [5, 5.41) is 0.941. The molecule has 7 nitrogen and oxygen atoms in total. The van der Waals surface area contributed by atoms with Gasteiger partial charge in [-0.15, -0.1) is 0 Å². The fourth-order valence-electron chi connectivity index (χ4n) is 2.64.